The third kappa shape index (κ3) is 2.76. The summed E-state index contributed by atoms with van der Waals surface area (Å²) in [5.74, 6) is 0.983. The summed E-state index contributed by atoms with van der Waals surface area (Å²) in [6.45, 7) is 2.54. The number of hydrogen-bond acceptors (Lipinski definition) is 4. The lowest BCUT2D eigenvalue weighted by Gasteiger charge is -2.16. The lowest BCUT2D eigenvalue weighted by atomic mass is 10.2. The first-order valence-corrected chi connectivity index (χ1v) is 6.42. The topological polar surface area (TPSA) is 48.4 Å². The van der Waals surface area contributed by atoms with E-state index in [1.807, 2.05) is 6.20 Å². The molecule has 17 heavy (non-hydrogen) atoms. The summed E-state index contributed by atoms with van der Waals surface area (Å²) in [6.07, 6.45) is 5.24. The highest BCUT2D eigenvalue weighted by Crippen LogP contribution is 2.20. The van der Waals surface area contributed by atoms with Crippen LogP contribution in [0.1, 0.15) is 24.8 Å². The molecule has 3 rings (SSSR count). The maximum Gasteiger partial charge on any atom is 0.128 e. The summed E-state index contributed by atoms with van der Waals surface area (Å²) in [7, 11) is 0. The van der Waals surface area contributed by atoms with Gasteiger partial charge in [-0.2, -0.15) is 0 Å². The van der Waals surface area contributed by atoms with Gasteiger partial charge in [0.2, 0.25) is 0 Å². The van der Waals surface area contributed by atoms with Crippen molar-refractivity contribution in [3.8, 4) is 0 Å². The van der Waals surface area contributed by atoms with Crippen molar-refractivity contribution in [2.75, 3.05) is 18.0 Å². The second-order valence-corrected chi connectivity index (χ2v) is 5.07. The van der Waals surface area contributed by atoms with Crippen molar-refractivity contribution in [2.45, 2.75) is 38.0 Å². The highest BCUT2D eigenvalue weighted by atomic mass is 16.3. The first-order valence-electron chi connectivity index (χ1n) is 6.42. The summed E-state index contributed by atoms with van der Waals surface area (Å²) < 4.78 is 0. The highest BCUT2D eigenvalue weighted by Gasteiger charge is 2.22. The first-order chi connectivity index (χ1) is 8.31. The Morgan fingerprint density at radius 1 is 1.35 bits per heavy atom. The van der Waals surface area contributed by atoms with Gasteiger partial charge in [-0.05, 0) is 30.9 Å². The van der Waals surface area contributed by atoms with E-state index in [1.54, 1.807) is 0 Å². The number of aliphatic hydroxyl groups excluding tert-OH is 1. The van der Waals surface area contributed by atoms with Crippen LogP contribution in [0.2, 0.25) is 0 Å². The Morgan fingerprint density at radius 3 is 2.82 bits per heavy atom. The Labute approximate surface area is 102 Å². The average Bonchev–Trinajstić information content (AvgIpc) is 3.09. The summed E-state index contributed by atoms with van der Waals surface area (Å²) >= 11 is 0. The average molecular weight is 233 g/mol. The molecule has 2 aliphatic rings. The standard InChI is InChI=1S/C13H19N3O/c17-12-5-6-16(9-12)13-4-1-10(8-15-13)7-14-11-2-3-11/h1,4,8,11-12,14,17H,2-3,5-7,9H2. The van der Waals surface area contributed by atoms with Gasteiger partial charge in [-0.1, -0.05) is 6.07 Å². The van der Waals surface area contributed by atoms with Crippen LogP contribution in [-0.2, 0) is 6.54 Å². The molecule has 1 aliphatic carbocycles. The van der Waals surface area contributed by atoms with Gasteiger partial charge in [0.25, 0.3) is 0 Å². The zero-order valence-corrected chi connectivity index (χ0v) is 9.97. The number of nitrogens with one attached hydrogen (secondary N) is 1. The van der Waals surface area contributed by atoms with Crippen molar-refractivity contribution in [3.63, 3.8) is 0 Å². The molecule has 1 aliphatic heterocycles. The maximum atomic E-state index is 9.49. The van der Waals surface area contributed by atoms with Crippen LogP contribution in [0, 0.1) is 0 Å². The molecule has 4 heteroatoms. The molecule has 0 spiro atoms. The largest absolute Gasteiger partial charge is 0.391 e. The molecule has 2 N–H and O–H groups in total. The molecule has 1 aromatic heterocycles. The zero-order chi connectivity index (χ0) is 11.7. The predicted octanol–water partition coefficient (Wildman–Crippen LogP) is 0.905. The number of hydrogen-bond donors (Lipinski definition) is 2. The SMILES string of the molecule is OC1CCN(c2ccc(CNC3CC3)cn2)C1. The van der Waals surface area contributed by atoms with E-state index < -0.39 is 0 Å². The van der Waals surface area contributed by atoms with E-state index >= 15 is 0 Å². The third-order valence-corrected chi connectivity index (χ3v) is 3.47. The van der Waals surface area contributed by atoms with Crippen molar-refractivity contribution in [2.24, 2.45) is 0 Å². The second-order valence-electron chi connectivity index (χ2n) is 5.07. The lowest BCUT2D eigenvalue weighted by Crippen LogP contribution is -2.22. The molecule has 92 valence electrons. The molecule has 1 saturated heterocycles. The van der Waals surface area contributed by atoms with E-state index in [9.17, 15) is 5.11 Å². The number of rotatable bonds is 4. The quantitative estimate of drug-likeness (QED) is 0.811. The fraction of sp³-hybridized carbons (Fsp3) is 0.615. The molecular weight excluding hydrogens is 214 g/mol. The van der Waals surface area contributed by atoms with Gasteiger partial charge < -0.3 is 15.3 Å². The summed E-state index contributed by atoms with van der Waals surface area (Å²) in [4.78, 5) is 6.61. The van der Waals surface area contributed by atoms with Crippen molar-refractivity contribution in [1.29, 1.82) is 0 Å². The molecule has 1 atom stereocenters. The monoisotopic (exact) mass is 233 g/mol. The molecule has 0 radical (unpaired) electrons. The Morgan fingerprint density at radius 2 is 2.24 bits per heavy atom. The Balaban J connectivity index is 1.58. The van der Waals surface area contributed by atoms with Gasteiger partial charge in [0.05, 0.1) is 6.10 Å². The smallest absolute Gasteiger partial charge is 0.128 e. The van der Waals surface area contributed by atoms with Gasteiger partial charge in [-0.3, -0.25) is 0 Å². The summed E-state index contributed by atoms with van der Waals surface area (Å²) in [5.41, 5.74) is 1.24. The normalized spacial score (nSPS) is 24.3. The van der Waals surface area contributed by atoms with Crippen LogP contribution < -0.4 is 10.2 Å². The summed E-state index contributed by atoms with van der Waals surface area (Å²) in [6, 6.07) is 4.92. The molecule has 2 heterocycles. The van der Waals surface area contributed by atoms with Gasteiger partial charge >= 0.3 is 0 Å². The van der Waals surface area contributed by atoms with Crippen LogP contribution >= 0.6 is 0 Å². The fourth-order valence-corrected chi connectivity index (χ4v) is 2.21. The Hall–Kier alpha value is -1.13. The van der Waals surface area contributed by atoms with Gasteiger partial charge in [-0.15, -0.1) is 0 Å². The maximum absolute atomic E-state index is 9.49. The van der Waals surface area contributed by atoms with Gasteiger partial charge in [0.1, 0.15) is 5.82 Å². The molecule has 1 saturated carbocycles. The van der Waals surface area contributed by atoms with Crippen molar-refractivity contribution in [1.82, 2.24) is 10.3 Å². The van der Waals surface area contributed by atoms with Crippen LogP contribution in [0.5, 0.6) is 0 Å². The van der Waals surface area contributed by atoms with E-state index in [2.05, 4.69) is 27.3 Å². The van der Waals surface area contributed by atoms with Crippen LogP contribution in [0.25, 0.3) is 0 Å². The molecule has 0 amide bonds. The predicted molar refractivity (Wildman–Crippen MR) is 66.9 cm³/mol. The Bertz CT molecular complexity index is 375. The first kappa shape index (κ1) is 11.0. The number of anilines is 1. The van der Waals surface area contributed by atoms with E-state index in [0.717, 1.165) is 31.4 Å². The molecular formula is C13H19N3O. The number of aromatic nitrogens is 1. The van der Waals surface area contributed by atoms with E-state index in [1.165, 1.54) is 18.4 Å². The third-order valence-electron chi connectivity index (χ3n) is 3.47. The van der Waals surface area contributed by atoms with Gasteiger partial charge in [0, 0.05) is 31.9 Å². The molecule has 1 unspecified atom stereocenters. The highest BCUT2D eigenvalue weighted by molar-refractivity contribution is 5.40. The minimum absolute atomic E-state index is 0.187. The molecule has 4 nitrogen and oxygen atoms in total. The van der Waals surface area contributed by atoms with Crippen LogP contribution in [0.3, 0.4) is 0 Å². The second kappa shape index (κ2) is 4.63. The van der Waals surface area contributed by atoms with Gasteiger partial charge in [0.15, 0.2) is 0 Å². The number of nitrogens with zero attached hydrogens (tertiary/aromatic N) is 2. The Kier molecular flexibility index (Phi) is 2.99. The van der Waals surface area contributed by atoms with Gasteiger partial charge in [-0.25, -0.2) is 4.98 Å². The minimum Gasteiger partial charge on any atom is -0.391 e. The lowest BCUT2D eigenvalue weighted by molar-refractivity contribution is 0.198. The van der Waals surface area contributed by atoms with Crippen LogP contribution in [-0.4, -0.2) is 35.3 Å². The van der Waals surface area contributed by atoms with E-state index in [4.69, 9.17) is 0 Å². The fourth-order valence-electron chi connectivity index (χ4n) is 2.21. The van der Waals surface area contributed by atoms with Crippen molar-refractivity contribution in [3.05, 3.63) is 23.9 Å². The number of aliphatic hydroxyl groups is 1. The molecule has 0 bridgehead atoms. The van der Waals surface area contributed by atoms with Crippen molar-refractivity contribution >= 4 is 5.82 Å². The minimum atomic E-state index is -0.187. The zero-order valence-electron chi connectivity index (χ0n) is 9.97. The summed E-state index contributed by atoms with van der Waals surface area (Å²) in [5, 5.41) is 13.0. The van der Waals surface area contributed by atoms with Crippen LogP contribution in [0.4, 0.5) is 5.82 Å². The number of pyridine rings is 1. The van der Waals surface area contributed by atoms with E-state index in [0.29, 0.717) is 6.54 Å². The molecule has 0 aromatic carbocycles. The number of β-amino-alcohol motifs (C(OH)–C–C–N with tert-alkyl or cyclic N) is 1. The van der Waals surface area contributed by atoms with Crippen LogP contribution in [0.15, 0.2) is 18.3 Å². The molecule has 2 fully saturated rings. The van der Waals surface area contributed by atoms with E-state index in [-0.39, 0.29) is 6.10 Å². The molecule has 1 aromatic rings. The van der Waals surface area contributed by atoms with Crippen molar-refractivity contribution < 1.29 is 5.11 Å².